The number of carboxylic acid groups (broad SMARTS) is 6. The van der Waals surface area contributed by atoms with E-state index in [2.05, 4.69) is 0 Å². The SMILES string of the molecule is O=C([O-])/C=C\C(=O)[O-].O=C([O-])/C=C\C(=O)[O-].O=C([O-])/C=C\C(=O)[O-].[Ga+3].[Ga+3]. The third kappa shape index (κ3) is 58.0. The zero-order chi connectivity index (χ0) is 19.7. The molecule has 0 aliphatic heterocycles. The number of hydrogen-bond donors (Lipinski definition) is 0. The summed E-state index contributed by atoms with van der Waals surface area (Å²) in [5.41, 5.74) is 0. The zero-order valence-electron chi connectivity index (χ0n) is 12.5. The van der Waals surface area contributed by atoms with Crippen molar-refractivity contribution in [1.82, 2.24) is 0 Å². The molecule has 0 saturated heterocycles. The summed E-state index contributed by atoms with van der Waals surface area (Å²) in [6.07, 6.45) is 2.31. The molecule has 0 spiro atoms. The number of carbonyl (C=O) groups excluding carboxylic acids is 6. The van der Waals surface area contributed by atoms with Gasteiger partial charge in [-0.05, 0) is 36.5 Å². The molecule has 132 valence electrons. The maximum absolute atomic E-state index is 9.41. The van der Waals surface area contributed by atoms with Crippen molar-refractivity contribution in [3.63, 3.8) is 0 Å². The van der Waals surface area contributed by atoms with Crippen LogP contribution < -0.4 is 30.6 Å². The Morgan fingerprint density at radius 2 is 0.423 bits per heavy atom. The largest absolute Gasteiger partial charge is 3.00 e. The van der Waals surface area contributed by atoms with Crippen molar-refractivity contribution in [1.29, 1.82) is 0 Å². The van der Waals surface area contributed by atoms with Crippen molar-refractivity contribution in [3.8, 4) is 0 Å². The summed E-state index contributed by atoms with van der Waals surface area (Å²) in [5.74, 6) is -9.28. The van der Waals surface area contributed by atoms with Crippen molar-refractivity contribution >= 4 is 75.4 Å². The first-order valence-electron chi connectivity index (χ1n) is 5.18. The van der Waals surface area contributed by atoms with Gasteiger partial charge in [0.15, 0.2) is 0 Å². The van der Waals surface area contributed by atoms with Crippen LogP contribution in [0.25, 0.3) is 0 Å². The number of aliphatic carboxylic acids is 6. The van der Waals surface area contributed by atoms with Crippen molar-refractivity contribution < 1.29 is 59.4 Å². The van der Waals surface area contributed by atoms with Gasteiger partial charge in [0.05, 0.1) is 35.8 Å². The molecule has 0 aromatic rings. The minimum absolute atomic E-state index is 0. The Bertz CT molecular complexity index is 448. The molecule has 14 heteroatoms. The monoisotopic (exact) mass is 480 g/mol. The molecule has 0 N–H and O–H groups in total. The van der Waals surface area contributed by atoms with E-state index < -0.39 is 35.8 Å². The Morgan fingerprint density at radius 1 is 0.346 bits per heavy atom. The molecule has 0 aromatic carbocycles. The second-order valence-electron chi connectivity index (χ2n) is 2.91. The fourth-order valence-corrected chi connectivity index (χ4v) is 0.408. The molecule has 26 heavy (non-hydrogen) atoms. The Hall–Kier alpha value is -2.69. The quantitative estimate of drug-likeness (QED) is 0.253. The third-order valence-corrected chi connectivity index (χ3v) is 1.07. The van der Waals surface area contributed by atoms with Gasteiger partial charge in [0.25, 0.3) is 0 Å². The minimum Gasteiger partial charge on any atom is -0.545 e. The first kappa shape index (κ1) is 34.6. The topological polar surface area (TPSA) is 241 Å². The van der Waals surface area contributed by atoms with Crippen LogP contribution in [-0.2, 0) is 28.8 Å². The van der Waals surface area contributed by atoms with Gasteiger partial charge < -0.3 is 59.4 Å². The number of carboxylic acids is 6. The molecule has 0 heterocycles. The summed E-state index contributed by atoms with van der Waals surface area (Å²) in [4.78, 5) is 56.5. The second-order valence-corrected chi connectivity index (χ2v) is 2.91. The second kappa shape index (κ2) is 22.3. The van der Waals surface area contributed by atoms with Gasteiger partial charge in [-0.25, -0.2) is 0 Å². The molecule has 0 saturated carbocycles. The van der Waals surface area contributed by atoms with Crippen LogP contribution >= 0.6 is 0 Å². The summed E-state index contributed by atoms with van der Waals surface area (Å²) < 4.78 is 0. The molecule has 0 radical (unpaired) electrons. The summed E-state index contributed by atoms with van der Waals surface area (Å²) in [7, 11) is 0. The summed E-state index contributed by atoms with van der Waals surface area (Å²) in [5, 5.41) is 56.5. The van der Waals surface area contributed by atoms with Crippen LogP contribution in [0.15, 0.2) is 36.5 Å². The predicted molar refractivity (Wildman–Crippen MR) is 69.0 cm³/mol. The number of hydrogen-bond acceptors (Lipinski definition) is 12. The smallest absolute Gasteiger partial charge is 0.545 e. The van der Waals surface area contributed by atoms with E-state index in [0.717, 1.165) is 0 Å². The van der Waals surface area contributed by atoms with E-state index in [9.17, 15) is 59.4 Å². The van der Waals surface area contributed by atoms with E-state index in [-0.39, 0.29) is 39.6 Å². The molecular formula is C12H6Ga2O12. The van der Waals surface area contributed by atoms with Gasteiger partial charge in [0.1, 0.15) is 0 Å². The predicted octanol–water partition coefficient (Wildman–Crippen LogP) is -9.63. The molecule has 0 fully saturated rings. The fraction of sp³-hybridized carbons (Fsp3) is 0. The summed E-state index contributed by atoms with van der Waals surface area (Å²) in [6.45, 7) is 0. The van der Waals surface area contributed by atoms with Crippen molar-refractivity contribution in [2.75, 3.05) is 0 Å². The molecule has 0 rings (SSSR count). The number of carbonyl (C=O) groups is 6. The summed E-state index contributed by atoms with van der Waals surface area (Å²) >= 11 is 0. The van der Waals surface area contributed by atoms with Gasteiger partial charge in [-0.2, -0.15) is 0 Å². The molecule has 12 nitrogen and oxygen atoms in total. The van der Waals surface area contributed by atoms with E-state index >= 15 is 0 Å². The van der Waals surface area contributed by atoms with Gasteiger partial charge in [-0.15, -0.1) is 0 Å². The van der Waals surface area contributed by atoms with Crippen LogP contribution in [0.3, 0.4) is 0 Å². The van der Waals surface area contributed by atoms with Crippen LogP contribution in [0.1, 0.15) is 0 Å². The van der Waals surface area contributed by atoms with E-state index in [4.69, 9.17) is 0 Å². The molecule has 0 aliphatic carbocycles. The van der Waals surface area contributed by atoms with Gasteiger partial charge >= 0.3 is 39.6 Å². The molecule has 0 bridgehead atoms. The Labute approximate surface area is 171 Å². The Morgan fingerprint density at radius 3 is 0.462 bits per heavy atom. The summed E-state index contributed by atoms with van der Waals surface area (Å²) in [6, 6.07) is 0. The van der Waals surface area contributed by atoms with Gasteiger partial charge in [-0.3, -0.25) is 0 Å². The average molecular weight is 482 g/mol. The molecule has 0 aliphatic rings. The van der Waals surface area contributed by atoms with Crippen LogP contribution in [-0.4, -0.2) is 75.4 Å². The van der Waals surface area contributed by atoms with Gasteiger partial charge in [0, 0.05) is 0 Å². The zero-order valence-corrected chi connectivity index (χ0v) is 17.4. The van der Waals surface area contributed by atoms with E-state index in [1.807, 2.05) is 0 Å². The van der Waals surface area contributed by atoms with Crippen LogP contribution in [0.2, 0.25) is 0 Å². The van der Waals surface area contributed by atoms with Gasteiger partial charge in [-0.1, -0.05) is 0 Å². The molecule has 0 aromatic heterocycles. The average Bonchev–Trinajstić information content (AvgIpc) is 2.42. The van der Waals surface area contributed by atoms with Gasteiger partial charge in [0.2, 0.25) is 0 Å². The van der Waals surface area contributed by atoms with E-state index in [1.165, 1.54) is 0 Å². The van der Waals surface area contributed by atoms with Crippen molar-refractivity contribution in [3.05, 3.63) is 36.5 Å². The first-order valence-corrected chi connectivity index (χ1v) is 5.18. The fourth-order valence-electron chi connectivity index (χ4n) is 0.408. The maximum atomic E-state index is 9.41. The standard InChI is InChI=1S/3C4H4O4.2Ga/c3*5-3(6)1-2-4(7)8;;/h3*1-2H,(H,5,6)(H,7,8);;/q;;;2*+3/p-6/b3*2-1-;;. The van der Waals surface area contributed by atoms with Crippen LogP contribution in [0.4, 0.5) is 0 Å². The van der Waals surface area contributed by atoms with Crippen molar-refractivity contribution in [2.24, 2.45) is 0 Å². The maximum Gasteiger partial charge on any atom is 3.00 e. The normalized spacial score (nSPS) is 8.77. The molecule has 0 atom stereocenters. The Kier molecular flexibility index (Phi) is 29.7. The third-order valence-electron chi connectivity index (χ3n) is 1.07. The molecular weight excluding hydrogens is 476 g/mol. The van der Waals surface area contributed by atoms with Crippen LogP contribution in [0.5, 0.6) is 0 Å². The minimum atomic E-state index is -1.55. The first-order chi connectivity index (χ1) is 10.9. The molecule has 0 unspecified atom stereocenters. The van der Waals surface area contributed by atoms with E-state index in [0.29, 0.717) is 36.5 Å². The van der Waals surface area contributed by atoms with Crippen LogP contribution in [0, 0.1) is 0 Å². The van der Waals surface area contributed by atoms with E-state index in [1.54, 1.807) is 0 Å². The van der Waals surface area contributed by atoms with Crippen molar-refractivity contribution in [2.45, 2.75) is 0 Å². The Balaban J connectivity index is -0.0000000817. The number of rotatable bonds is 6. The molecule has 0 amide bonds.